The van der Waals surface area contributed by atoms with E-state index in [9.17, 15) is 9.90 Å². The van der Waals surface area contributed by atoms with Gasteiger partial charge >= 0.3 is 0 Å². The molecule has 0 bridgehead atoms. The number of hydrogen-bond acceptors (Lipinski definition) is 4. The lowest BCUT2D eigenvalue weighted by Gasteiger charge is -2.33. The van der Waals surface area contributed by atoms with Crippen LogP contribution in [-0.2, 0) is 6.54 Å². The average Bonchev–Trinajstić information content (AvgIpc) is 2.56. The van der Waals surface area contributed by atoms with Crippen molar-refractivity contribution in [2.24, 2.45) is 0 Å². The number of halogens is 1. The third-order valence-electron chi connectivity index (χ3n) is 4.52. The molecule has 2 heterocycles. The van der Waals surface area contributed by atoms with Crippen LogP contribution in [0.25, 0.3) is 5.65 Å². The Kier molecular flexibility index (Phi) is 5.30. The topological polar surface area (TPSA) is 57.8 Å². The molecule has 5 nitrogen and oxygen atoms in total. The number of nitrogens with zero attached hydrogens (tertiary/aromatic N) is 3. The highest BCUT2D eigenvalue weighted by Crippen LogP contribution is 2.23. The monoisotopic (exact) mass is 335 g/mol. The average molecular weight is 336 g/mol. The summed E-state index contributed by atoms with van der Waals surface area (Å²) >= 11 is 5.93. The van der Waals surface area contributed by atoms with Crippen LogP contribution in [0.4, 0.5) is 0 Å². The molecular formula is C17H22ClN3O2. The zero-order chi connectivity index (χ0) is 16.2. The van der Waals surface area contributed by atoms with E-state index in [0.717, 1.165) is 18.5 Å². The van der Waals surface area contributed by atoms with E-state index in [4.69, 9.17) is 11.6 Å². The summed E-state index contributed by atoms with van der Waals surface area (Å²) in [7, 11) is 0. The summed E-state index contributed by atoms with van der Waals surface area (Å²) in [6, 6.07) is 5.53. The minimum atomic E-state index is -0.125. The molecule has 0 aromatic carbocycles. The Morgan fingerprint density at radius 2 is 2.09 bits per heavy atom. The van der Waals surface area contributed by atoms with E-state index in [1.165, 1.54) is 23.7 Å². The molecule has 2 aromatic rings. The fourth-order valence-corrected chi connectivity index (χ4v) is 3.54. The van der Waals surface area contributed by atoms with E-state index in [1.54, 1.807) is 24.4 Å². The van der Waals surface area contributed by atoms with E-state index >= 15 is 0 Å². The summed E-state index contributed by atoms with van der Waals surface area (Å²) in [4.78, 5) is 19.1. The van der Waals surface area contributed by atoms with Crippen molar-refractivity contribution in [1.29, 1.82) is 0 Å². The largest absolute Gasteiger partial charge is 0.395 e. The molecule has 1 fully saturated rings. The van der Waals surface area contributed by atoms with E-state index in [1.807, 2.05) is 0 Å². The van der Waals surface area contributed by atoms with Crippen LogP contribution in [0.15, 0.2) is 29.2 Å². The van der Waals surface area contributed by atoms with Crippen LogP contribution < -0.4 is 5.56 Å². The van der Waals surface area contributed by atoms with Crippen molar-refractivity contribution in [1.82, 2.24) is 14.3 Å². The molecule has 3 rings (SSSR count). The lowest BCUT2D eigenvalue weighted by molar-refractivity contribution is 0.116. The molecule has 0 unspecified atom stereocenters. The minimum absolute atomic E-state index is 0.124. The summed E-state index contributed by atoms with van der Waals surface area (Å²) in [5.74, 6) is 0. The summed E-state index contributed by atoms with van der Waals surface area (Å²) < 4.78 is 1.46. The molecule has 124 valence electrons. The number of hydrogen-bond donors (Lipinski definition) is 1. The van der Waals surface area contributed by atoms with Gasteiger partial charge in [-0.1, -0.05) is 30.9 Å². The van der Waals surface area contributed by atoms with Gasteiger partial charge in [0.25, 0.3) is 5.56 Å². The molecule has 1 saturated carbocycles. The molecular weight excluding hydrogens is 314 g/mol. The van der Waals surface area contributed by atoms with Gasteiger partial charge in [-0.15, -0.1) is 0 Å². The fourth-order valence-electron chi connectivity index (χ4n) is 3.38. The zero-order valence-electron chi connectivity index (χ0n) is 13.1. The Balaban J connectivity index is 1.86. The van der Waals surface area contributed by atoms with Gasteiger partial charge in [0.15, 0.2) is 0 Å². The summed E-state index contributed by atoms with van der Waals surface area (Å²) in [6.07, 6.45) is 7.66. The van der Waals surface area contributed by atoms with Gasteiger partial charge in [-0.05, 0) is 25.0 Å². The van der Waals surface area contributed by atoms with Crippen LogP contribution in [-0.4, -0.2) is 38.6 Å². The molecule has 6 heteroatoms. The molecule has 2 aromatic heterocycles. The van der Waals surface area contributed by atoms with Crippen LogP contribution in [0.5, 0.6) is 0 Å². The molecule has 0 radical (unpaired) electrons. The standard InChI is InChI=1S/C17H22ClN3O2/c18-13-6-7-16-19-14(10-17(23)21(16)11-13)12-20(8-9-22)15-4-2-1-3-5-15/h6-7,10-11,15,22H,1-5,8-9,12H2. The van der Waals surface area contributed by atoms with Gasteiger partial charge in [0, 0.05) is 31.4 Å². The lowest BCUT2D eigenvalue weighted by atomic mass is 9.94. The van der Waals surface area contributed by atoms with Crippen LogP contribution in [0.3, 0.4) is 0 Å². The van der Waals surface area contributed by atoms with Gasteiger partial charge in [-0.2, -0.15) is 0 Å². The van der Waals surface area contributed by atoms with Crippen molar-refractivity contribution in [3.8, 4) is 0 Å². The third kappa shape index (κ3) is 3.91. The van der Waals surface area contributed by atoms with E-state index in [2.05, 4.69) is 9.88 Å². The molecule has 0 saturated heterocycles. The molecule has 1 aliphatic rings. The second-order valence-corrected chi connectivity index (χ2v) is 6.58. The van der Waals surface area contributed by atoms with Gasteiger partial charge in [0.2, 0.25) is 0 Å². The first-order chi connectivity index (χ1) is 11.2. The Hall–Kier alpha value is -1.43. The molecule has 0 aliphatic heterocycles. The van der Waals surface area contributed by atoms with Crippen LogP contribution >= 0.6 is 11.6 Å². The summed E-state index contributed by atoms with van der Waals surface area (Å²) in [5, 5.41) is 9.87. The molecule has 0 spiro atoms. The van der Waals surface area contributed by atoms with Crippen molar-refractivity contribution >= 4 is 17.2 Å². The van der Waals surface area contributed by atoms with Gasteiger partial charge in [0.1, 0.15) is 5.65 Å². The molecule has 23 heavy (non-hydrogen) atoms. The first-order valence-corrected chi connectivity index (χ1v) is 8.58. The maximum Gasteiger partial charge on any atom is 0.258 e. The smallest absolute Gasteiger partial charge is 0.258 e. The summed E-state index contributed by atoms with van der Waals surface area (Å²) in [5.41, 5.74) is 1.22. The Bertz CT molecular complexity index is 725. The molecule has 1 aliphatic carbocycles. The minimum Gasteiger partial charge on any atom is -0.395 e. The SMILES string of the molecule is O=c1cc(CN(CCO)C2CCCCC2)nc2ccc(Cl)cn12. The second-order valence-electron chi connectivity index (χ2n) is 6.15. The number of aliphatic hydroxyl groups excluding tert-OH is 1. The lowest BCUT2D eigenvalue weighted by Crippen LogP contribution is -2.38. The Labute approximate surface area is 140 Å². The Morgan fingerprint density at radius 1 is 1.30 bits per heavy atom. The Morgan fingerprint density at radius 3 is 2.83 bits per heavy atom. The van der Waals surface area contributed by atoms with Crippen LogP contribution in [0.1, 0.15) is 37.8 Å². The van der Waals surface area contributed by atoms with E-state index in [0.29, 0.717) is 29.8 Å². The van der Waals surface area contributed by atoms with E-state index in [-0.39, 0.29) is 12.2 Å². The van der Waals surface area contributed by atoms with Gasteiger partial charge in [-0.25, -0.2) is 4.98 Å². The van der Waals surface area contributed by atoms with E-state index < -0.39 is 0 Å². The maximum atomic E-state index is 12.3. The predicted octanol–water partition coefficient (Wildman–Crippen LogP) is 2.47. The molecule has 0 atom stereocenters. The molecule has 1 N–H and O–H groups in total. The van der Waals surface area contributed by atoms with Crippen molar-refractivity contribution < 1.29 is 5.11 Å². The first kappa shape index (κ1) is 16.4. The maximum absolute atomic E-state index is 12.3. The van der Waals surface area contributed by atoms with Crippen LogP contribution in [0, 0.1) is 0 Å². The predicted molar refractivity (Wildman–Crippen MR) is 90.8 cm³/mol. The quantitative estimate of drug-likeness (QED) is 0.912. The summed E-state index contributed by atoms with van der Waals surface area (Å²) in [6.45, 7) is 1.34. The van der Waals surface area contributed by atoms with Crippen LogP contribution in [0.2, 0.25) is 5.02 Å². The number of fused-ring (bicyclic) bond motifs is 1. The first-order valence-electron chi connectivity index (χ1n) is 8.20. The zero-order valence-corrected chi connectivity index (χ0v) is 13.9. The normalized spacial score (nSPS) is 16.3. The fraction of sp³-hybridized carbons (Fsp3) is 0.529. The third-order valence-corrected chi connectivity index (χ3v) is 4.74. The van der Waals surface area contributed by atoms with Crippen molar-refractivity contribution in [3.05, 3.63) is 45.5 Å². The van der Waals surface area contributed by atoms with Gasteiger partial charge < -0.3 is 5.11 Å². The van der Waals surface area contributed by atoms with Crippen molar-refractivity contribution in [2.45, 2.75) is 44.7 Å². The van der Waals surface area contributed by atoms with Crippen molar-refractivity contribution in [2.75, 3.05) is 13.2 Å². The number of aromatic nitrogens is 2. The number of rotatable bonds is 5. The highest BCUT2D eigenvalue weighted by atomic mass is 35.5. The second kappa shape index (κ2) is 7.43. The number of aliphatic hydroxyl groups is 1. The molecule has 0 amide bonds. The van der Waals surface area contributed by atoms with Crippen molar-refractivity contribution in [3.63, 3.8) is 0 Å². The highest BCUT2D eigenvalue weighted by molar-refractivity contribution is 6.30. The number of pyridine rings is 1. The van der Waals surface area contributed by atoms with Gasteiger partial charge in [0.05, 0.1) is 17.3 Å². The van der Waals surface area contributed by atoms with Gasteiger partial charge in [-0.3, -0.25) is 14.1 Å². The highest BCUT2D eigenvalue weighted by Gasteiger charge is 2.21.